The molecule has 0 aliphatic rings. The summed E-state index contributed by atoms with van der Waals surface area (Å²) in [6.45, 7) is 0.396. The highest BCUT2D eigenvalue weighted by atomic mass is 32.2. The Morgan fingerprint density at radius 3 is 2.44 bits per heavy atom. The van der Waals surface area contributed by atoms with E-state index in [1.54, 1.807) is 0 Å². The summed E-state index contributed by atoms with van der Waals surface area (Å²) < 4.78 is 87.7. The van der Waals surface area contributed by atoms with Crippen LogP contribution in [0.3, 0.4) is 0 Å². The van der Waals surface area contributed by atoms with Gasteiger partial charge < -0.3 is 14.6 Å². The van der Waals surface area contributed by atoms with Gasteiger partial charge in [-0.05, 0) is 42.3 Å². The molecule has 0 spiro atoms. The molecule has 0 amide bonds. The summed E-state index contributed by atoms with van der Waals surface area (Å²) in [6, 6.07) is 7.02. The van der Waals surface area contributed by atoms with Crippen molar-refractivity contribution in [2.24, 2.45) is 0 Å². The molecule has 1 heterocycles. The maximum Gasteiger partial charge on any atom is 0.573 e. The fraction of sp³-hybridized carbons (Fsp3) is 0.250. The van der Waals surface area contributed by atoms with Crippen molar-refractivity contribution in [2.75, 3.05) is 6.61 Å². The molecule has 1 unspecified atom stereocenters. The number of aryl methyl sites for hydroxylation is 1. The Hall–Kier alpha value is -3.42. The van der Waals surface area contributed by atoms with Gasteiger partial charge in [0.25, 0.3) is 0 Å². The van der Waals surface area contributed by atoms with E-state index in [0.717, 1.165) is 30.0 Å². The second-order valence-corrected chi connectivity index (χ2v) is 7.98. The number of carboxylic acids is 1. The van der Waals surface area contributed by atoms with Crippen LogP contribution >= 0.6 is 11.8 Å². The van der Waals surface area contributed by atoms with E-state index in [2.05, 4.69) is 20.1 Å². The molecular weight excluding hydrogens is 492 g/mol. The number of ether oxygens (including phenoxy) is 2. The van der Waals surface area contributed by atoms with E-state index in [1.165, 1.54) is 31.3 Å². The average molecular weight is 507 g/mol. The SMILES string of the molecule is Cc1ccc(C(Sc2ccc(OCC(=O)O)c(OC(F)(F)F)c2)c2cn[nH]n2)cc1C(F)(F)F. The standard InChI is InChI=1S/C20H15F6N3O4S/c1-10-2-3-11(6-13(10)19(21,22)23)18(14-8-27-29-28-14)34-12-4-5-15(32-9-17(30)31)16(7-12)33-20(24,25)26/h2-8,18H,9H2,1H3,(H,30,31)(H,27,28,29). The summed E-state index contributed by atoms with van der Waals surface area (Å²) in [5.41, 5.74) is -0.452. The first-order valence-electron chi connectivity index (χ1n) is 9.28. The predicted molar refractivity (Wildman–Crippen MR) is 107 cm³/mol. The zero-order valence-electron chi connectivity index (χ0n) is 17.1. The molecular formula is C20H15F6N3O4S. The highest BCUT2D eigenvalue weighted by Crippen LogP contribution is 2.44. The lowest BCUT2D eigenvalue weighted by Gasteiger charge is -2.19. The number of aromatic amines is 1. The maximum atomic E-state index is 13.4. The molecule has 1 aromatic heterocycles. The van der Waals surface area contributed by atoms with Gasteiger partial charge in [-0.1, -0.05) is 12.1 Å². The van der Waals surface area contributed by atoms with Crippen LogP contribution in [0, 0.1) is 6.92 Å². The number of H-pyrrole nitrogens is 1. The van der Waals surface area contributed by atoms with Gasteiger partial charge in [-0.2, -0.15) is 28.6 Å². The minimum absolute atomic E-state index is 0.000878. The number of carboxylic acid groups (broad SMARTS) is 1. The van der Waals surface area contributed by atoms with Crippen LogP contribution < -0.4 is 9.47 Å². The third-order valence-electron chi connectivity index (χ3n) is 4.32. The van der Waals surface area contributed by atoms with E-state index >= 15 is 0 Å². The number of hydrogen-bond donors (Lipinski definition) is 2. The first kappa shape index (κ1) is 25.2. The van der Waals surface area contributed by atoms with Crippen molar-refractivity contribution >= 4 is 17.7 Å². The van der Waals surface area contributed by atoms with Crippen LogP contribution in [0.1, 0.15) is 27.6 Å². The Morgan fingerprint density at radius 2 is 1.85 bits per heavy atom. The number of carbonyl (C=O) groups is 1. The number of alkyl halides is 6. The number of rotatable bonds is 8. The zero-order valence-corrected chi connectivity index (χ0v) is 17.9. The monoisotopic (exact) mass is 507 g/mol. The molecule has 0 radical (unpaired) electrons. The molecule has 0 saturated carbocycles. The number of benzene rings is 2. The number of nitrogens with zero attached hydrogens (tertiary/aromatic N) is 2. The quantitative estimate of drug-likeness (QED) is 0.312. The Bertz CT molecular complexity index is 1150. The van der Waals surface area contributed by atoms with E-state index in [-0.39, 0.29) is 21.7 Å². The van der Waals surface area contributed by atoms with Gasteiger partial charge >= 0.3 is 18.5 Å². The lowest BCUT2D eigenvalue weighted by atomic mass is 10.0. The summed E-state index contributed by atoms with van der Waals surface area (Å²) in [5, 5.41) is 17.8. The van der Waals surface area contributed by atoms with Gasteiger partial charge in [0.05, 0.1) is 17.0 Å². The van der Waals surface area contributed by atoms with E-state index < -0.39 is 47.4 Å². The summed E-state index contributed by atoms with van der Waals surface area (Å²) >= 11 is 0.889. The van der Waals surface area contributed by atoms with Crippen LogP contribution in [-0.4, -0.2) is 39.5 Å². The zero-order chi connectivity index (χ0) is 25.1. The van der Waals surface area contributed by atoms with Gasteiger partial charge in [0.2, 0.25) is 0 Å². The largest absolute Gasteiger partial charge is 0.573 e. The van der Waals surface area contributed by atoms with Gasteiger partial charge in [0, 0.05) is 4.90 Å². The van der Waals surface area contributed by atoms with Crippen molar-refractivity contribution in [1.29, 1.82) is 0 Å². The van der Waals surface area contributed by atoms with Crippen LogP contribution in [0.4, 0.5) is 26.3 Å². The number of thioether (sulfide) groups is 1. The average Bonchev–Trinajstić information content (AvgIpc) is 3.24. The summed E-state index contributed by atoms with van der Waals surface area (Å²) in [5.74, 6) is -2.70. The fourth-order valence-corrected chi connectivity index (χ4v) is 4.02. The third-order valence-corrected chi connectivity index (χ3v) is 5.59. The van der Waals surface area contributed by atoms with Gasteiger partial charge in [-0.3, -0.25) is 0 Å². The topological polar surface area (TPSA) is 97.3 Å². The Kier molecular flexibility index (Phi) is 7.29. The Labute approximate surface area is 192 Å². The van der Waals surface area contributed by atoms with Crippen molar-refractivity contribution in [3.05, 3.63) is 65.0 Å². The molecule has 182 valence electrons. The minimum Gasteiger partial charge on any atom is -0.479 e. The molecule has 0 bridgehead atoms. The molecule has 3 rings (SSSR count). The van der Waals surface area contributed by atoms with Crippen molar-refractivity contribution in [1.82, 2.24) is 15.4 Å². The normalized spacial score (nSPS) is 12.9. The predicted octanol–water partition coefficient (Wildman–Crippen LogP) is 5.38. The van der Waals surface area contributed by atoms with Gasteiger partial charge in [-0.25, -0.2) is 4.79 Å². The third kappa shape index (κ3) is 6.56. The molecule has 3 aromatic rings. The molecule has 0 fully saturated rings. The Morgan fingerprint density at radius 1 is 1.12 bits per heavy atom. The molecule has 1 atom stereocenters. The molecule has 0 aliphatic heterocycles. The minimum atomic E-state index is -5.10. The highest BCUT2D eigenvalue weighted by Gasteiger charge is 2.34. The fourth-order valence-electron chi connectivity index (χ4n) is 2.91. The first-order chi connectivity index (χ1) is 15.8. The van der Waals surface area contributed by atoms with Crippen LogP contribution in [0.15, 0.2) is 47.5 Å². The van der Waals surface area contributed by atoms with E-state index in [1.807, 2.05) is 0 Å². The Balaban J connectivity index is 2.01. The number of hydrogen-bond acceptors (Lipinski definition) is 6. The van der Waals surface area contributed by atoms with E-state index in [0.29, 0.717) is 0 Å². The van der Waals surface area contributed by atoms with Crippen molar-refractivity contribution in [3.8, 4) is 11.5 Å². The summed E-state index contributed by atoms with van der Waals surface area (Å²) in [6.07, 6.45) is -8.44. The molecule has 0 aliphatic carbocycles. The number of nitrogens with one attached hydrogen (secondary N) is 1. The summed E-state index contributed by atoms with van der Waals surface area (Å²) in [4.78, 5) is 10.9. The van der Waals surface area contributed by atoms with E-state index in [9.17, 15) is 31.1 Å². The lowest BCUT2D eigenvalue weighted by Crippen LogP contribution is -2.18. The lowest BCUT2D eigenvalue weighted by molar-refractivity contribution is -0.275. The van der Waals surface area contributed by atoms with Gasteiger partial charge in [0.15, 0.2) is 18.1 Å². The van der Waals surface area contributed by atoms with Gasteiger partial charge in [0.1, 0.15) is 5.69 Å². The molecule has 2 N–H and O–H groups in total. The van der Waals surface area contributed by atoms with Crippen LogP contribution in [-0.2, 0) is 11.0 Å². The number of aromatic nitrogens is 3. The number of aliphatic carboxylic acids is 1. The van der Waals surface area contributed by atoms with Crippen molar-refractivity contribution in [2.45, 2.75) is 29.6 Å². The van der Waals surface area contributed by atoms with Crippen LogP contribution in [0.25, 0.3) is 0 Å². The van der Waals surface area contributed by atoms with Gasteiger partial charge in [-0.15, -0.1) is 24.9 Å². The number of halogens is 6. The maximum absolute atomic E-state index is 13.4. The first-order valence-corrected chi connectivity index (χ1v) is 10.2. The molecule has 2 aromatic carbocycles. The highest BCUT2D eigenvalue weighted by molar-refractivity contribution is 7.99. The second kappa shape index (κ2) is 9.83. The smallest absolute Gasteiger partial charge is 0.479 e. The molecule has 0 saturated heterocycles. The van der Waals surface area contributed by atoms with E-state index in [4.69, 9.17) is 9.84 Å². The molecule has 34 heavy (non-hydrogen) atoms. The molecule has 14 heteroatoms. The van der Waals surface area contributed by atoms with Crippen molar-refractivity contribution in [3.63, 3.8) is 0 Å². The van der Waals surface area contributed by atoms with Crippen LogP contribution in [0.2, 0.25) is 0 Å². The second-order valence-electron chi connectivity index (χ2n) is 6.80. The molecule has 7 nitrogen and oxygen atoms in total. The van der Waals surface area contributed by atoms with Crippen LogP contribution in [0.5, 0.6) is 11.5 Å². The van der Waals surface area contributed by atoms with Crippen molar-refractivity contribution < 1.29 is 45.7 Å². The summed E-state index contributed by atoms with van der Waals surface area (Å²) in [7, 11) is 0.